The normalized spacial score (nSPS) is 14.1. The third kappa shape index (κ3) is 5.79. The molecular weight excluding hydrogens is 833 g/mol. The van der Waals surface area contributed by atoms with Gasteiger partial charge in [0.2, 0.25) is 0 Å². The number of anilines is 3. The molecule has 0 saturated heterocycles. The Bertz CT molecular complexity index is 3960. The predicted molar refractivity (Wildman–Crippen MR) is 288 cm³/mol. The molecule has 2 heteroatoms. The van der Waals surface area contributed by atoms with Crippen molar-refractivity contribution < 1.29 is 0 Å². The summed E-state index contributed by atoms with van der Waals surface area (Å²) >= 11 is 0. The van der Waals surface area contributed by atoms with Gasteiger partial charge in [0.15, 0.2) is 0 Å². The standard InChI is InChI=1S/C67H44N2/c1-3-20-45(21-4-1)46-38-40-48(41-39-46)51-25-9-15-34-62(51)68(61-33-14-8-24-50(61)47-22-5-2-6-23-47)63-35-16-10-26-52(63)49-42-43-54-53-27-7-12-30-57(53)67(60(54)44-49)58-31-13-18-37-65(58)69-64-36-17-11-28-55(64)56-29-19-32-59(67)66(56)69/h1-44H. The van der Waals surface area contributed by atoms with Crippen LogP contribution < -0.4 is 4.90 Å². The maximum absolute atomic E-state index is 2.53. The Hall–Kier alpha value is -8.98. The molecular formula is C67H44N2. The predicted octanol–water partition coefficient (Wildman–Crippen LogP) is 17.6. The molecule has 2 aliphatic rings. The number of nitrogens with zero attached hydrogens (tertiary/aromatic N) is 2. The first kappa shape index (κ1) is 39.2. The van der Waals surface area contributed by atoms with Gasteiger partial charge in [-0.05, 0) is 97.6 Å². The van der Waals surface area contributed by atoms with E-state index in [4.69, 9.17) is 0 Å². The maximum Gasteiger partial charge on any atom is 0.0754 e. The molecule has 1 unspecified atom stereocenters. The van der Waals surface area contributed by atoms with E-state index in [1.165, 1.54) is 83.1 Å². The number of rotatable bonds is 7. The summed E-state index contributed by atoms with van der Waals surface area (Å²) < 4.78 is 2.52. The van der Waals surface area contributed by atoms with E-state index >= 15 is 0 Å². The largest absolute Gasteiger partial charge is 0.309 e. The van der Waals surface area contributed by atoms with E-state index < -0.39 is 5.41 Å². The van der Waals surface area contributed by atoms with E-state index in [1.54, 1.807) is 0 Å². The second kappa shape index (κ2) is 15.6. The molecule has 1 aromatic heterocycles. The lowest BCUT2D eigenvalue weighted by Gasteiger charge is -2.39. The van der Waals surface area contributed by atoms with Crippen molar-refractivity contribution in [3.8, 4) is 61.3 Å². The molecule has 0 N–H and O–H groups in total. The lowest BCUT2D eigenvalue weighted by atomic mass is 9.65. The number of hydrogen-bond donors (Lipinski definition) is 0. The minimum atomic E-state index is -0.560. The molecule has 12 aromatic rings. The van der Waals surface area contributed by atoms with Gasteiger partial charge < -0.3 is 9.47 Å². The Morgan fingerprint density at radius 1 is 0.275 bits per heavy atom. The molecule has 69 heavy (non-hydrogen) atoms. The van der Waals surface area contributed by atoms with E-state index in [-0.39, 0.29) is 0 Å². The average Bonchev–Trinajstić information content (AvgIpc) is 3.92. The van der Waals surface area contributed by atoms with Crippen molar-refractivity contribution >= 4 is 38.9 Å². The quantitative estimate of drug-likeness (QED) is 0.155. The maximum atomic E-state index is 2.53. The number of para-hydroxylation sites is 6. The highest BCUT2D eigenvalue weighted by Crippen LogP contribution is 2.62. The fraction of sp³-hybridized carbons (Fsp3) is 0.0149. The summed E-state index contributed by atoms with van der Waals surface area (Å²) in [4.78, 5) is 2.50. The Kier molecular flexibility index (Phi) is 8.84. The van der Waals surface area contributed by atoms with Gasteiger partial charge in [-0.1, -0.05) is 231 Å². The van der Waals surface area contributed by atoms with Crippen LogP contribution in [0.2, 0.25) is 0 Å². The summed E-state index contributed by atoms with van der Waals surface area (Å²) in [6.45, 7) is 0. The number of aromatic nitrogens is 1. The van der Waals surface area contributed by atoms with Crippen LogP contribution in [0.1, 0.15) is 22.3 Å². The van der Waals surface area contributed by atoms with Crippen LogP contribution in [0.3, 0.4) is 0 Å². The van der Waals surface area contributed by atoms with Gasteiger partial charge in [-0.2, -0.15) is 0 Å². The van der Waals surface area contributed by atoms with Crippen LogP contribution in [0.5, 0.6) is 0 Å². The number of fused-ring (bicyclic) bond motifs is 12. The van der Waals surface area contributed by atoms with Crippen LogP contribution in [0, 0.1) is 0 Å². The average molecular weight is 877 g/mol. The summed E-state index contributed by atoms with van der Waals surface area (Å²) in [6, 6.07) is 98.7. The fourth-order valence-electron chi connectivity index (χ4n) is 11.9. The van der Waals surface area contributed by atoms with Crippen molar-refractivity contribution in [2.24, 2.45) is 0 Å². The lowest BCUT2D eigenvalue weighted by Crippen LogP contribution is -2.33. The molecule has 0 fully saturated rings. The fourth-order valence-corrected chi connectivity index (χ4v) is 11.9. The van der Waals surface area contributed by atoms with Gasteiger partial charge in [-0.25, -0.2) is 0 Å². The Morgan fingerprint density at radius 3 is 1.42 bits per heavy atom. The molecule has 0 saturated carbocycles. The smallest absolute Gasteiger partial charge is 0.0754 e. The van der Waals surface area contributed by atoms with E-state index in [0.717, 1.165) is 39.3 Å². The second-order valence-corrected chi connectivity index (χ2v) is 18.3. The molecule has 1 atom stereocenters. The van der Waals surface area contributed by atoms with Crippen molar-refractivity contribution in [3.63, 3.8) is 0 Å². The summed E-state index contributed by atoms with van der Waals surface area (Å²) in [5, 5.41) is 2.56. The van der Waals surface area contributed by atoms with Crippen LogP contribution in [-0.4, -0.2) is 4.57 Å². The first-order chi connectivity index (χ1) is 34.3. The summed E-state index contributed by atoms with van der Waals surface area (Å²) in [5.41, 5.74) is 23.7. The Labute approximate surface area is 402 Å². The van der Waals surface area contributed by atoms with Gasteiger partial charge in [0.25, 0.3) is 0 Å². The van der Waals surface area contributed by atoms with E-state index in [2.05, 4.69) is 276 Å². The molecule has 322 valence electrons. The zero-order valence-electron chi connectivity index (χ0n) is 37.8. The first-order valence-electron chi connectivity index (χ1n) is 23.9. The minimum Gasteiger partial charge on any atom is -0.309 e. The van der Waals surface area contributed by atoms with Crippen LogP contribution in [-0.2, 0) is 5.41 Å². The molecule has 2 nitrogen and oxygen atoms in total. The molecule has 1 aliphatic heterocycles. The van der Waals surface area contributed by atoms with Gasteiger partial charge in [0.1, 0.15) is 0 Å². The van der Waals surface area contributed by atoms with Crippen LogP contribution in [0.15, 0.2) is 267 Å². The Morgan fingerprint density at radius 2 is 0.725 bits per heavy atom. The zero-order valence-corrected chi connectivity index (χ0v) is 37.8. The lowest BCUT2D eigenvalue weighted by molar-refractivity contribution is 0.749. The van der Waals surface area contributed by atoms with Gasteiger partial charge in [-0.3, -0.25) is 0 Å². The summed E-state index contributed by atoms with van der Waals surface area (Å²) in [6.07, 6.45) is 0. The first-order valence-corrected chi connectivity index (χ1v) is 23.9. The number of hydrogen-bond acceptors (Lipinski definition) is 1. The van der Waals surface area contributed by atoms with E-state index in [1.807, 2.05) is 0 Å². The van der Waals surface area contributed by atoms with Crippen molar-refractivity contribution in [1.82, 2.24) is 4.57 Å². The molecule has 11 aromatic carbocycles. The van der Waals surface area contributed by atoms with E-state index in [0.29, 0.717) is 0 Å². The molecule has 0 radical (unpaired) electrons. The van der Waals surface area contributed by atoms with Crippen LogP contribution >= 0.6 is 0 Å². The van der Waals surface area contributed by atoms with Gasteiger partial charge in [0.05, 0.1) is 39.2 Å². The highest BCUT2D eigenvalue weighted by Gasteiger charge is 2.51. The minimum absolute atomic E-state index is 0.560. The van der Waals surface area contributed by atoms with Crippen molar-refractivity contribution in [2.45, 2.75) is 5.41 Å². The monoisotopic (exact) mass is 876 g/mol. The molecule has 2 heterocycles. The highest BCUT2D eigenvalue weighted by molar-refractivity contribution is 6.13. The van der Waals surface area contributed by atoms with E-state index in [9.17, 15) is 0 Å². The highest BCUT2D eigenvalue weighted by atomic mass is 15.1. The molecule has 14 rings (SSSR count). The third-order valence-corrected chi connectivity index (χ3v) is 14.8. The van der Waals surface area contributed by atoms with Crippen LogP contribution in [0.25, 0.3) is 83.1 Å². The molecule has 1 spiro atoms. The van der Waals surface area contributed by atoms with Gasteiger partial charge in [0, 0.05) is 27.5 Å². The van der Waals surface area contributed by atoms with Crippen LogP contribution in [0.4, 0.5) is 17.1 Å². The van der Waals surface area contributed by atoms with Crippen molar-refractivity contribution in [3.05, 3.63) is 289 Å². The summed E-state index contributed by atoms with van der Waals surface area (Å²) in [5.74, 6) is 0. The van der Waals surface area contributed by atoms with Crippen molar-refractivity contribution in [2.75, 3.05) is 4.90 Å². The van der Waals surface area contributed by atoms with Crippen molar-refractivity contribution in [1.29, 1.82) is 0 Å². The van der Waals surface area contributed by atoms with Gasteiger partial charge in [-0.15, -0.1) is 0 Å². The topological polar surface area (TPSA) is 8.17 Å². The molecule has 0 amide bonds. The molecule has 1 aliphatic carbocycles. The third-order valence-electron chi connectivity index (χ3n) is 14.8. The zero-order chi connectivity index (χ0) is 45.5. The summed E-state index contributed by atoms with van der Waals surface area (Å²) in [7, 11) is 0. The van der Waals surface area contributed by atoms with Gasteiger partial charge >= 0.3 is 0 Å². The molecule has 0 bridgehead atoms. The Balaban J connectivity index is 1.02. The SMILES string of the molecule is c1ccc(-c2ccc(-c3ccccc3N(c3ccccc3-c3ccccc3)c3ccccc3-c3ccc4c(c3)C3(c5ccccc5-4)c4ccccc4-n4c5ccccc5c5cccc3c54)cc2)cc1. The number of benzene rings is 11. The second-order valence-electron chi connectivity index (χ2n) is 18.3.